The van der Waals surface area contributed by atoms with Crippen LogP contribution in [0.25, 0.3) is 0 Å². The highest BCUT2D eigenvalue weighted by molar-refractivity contribution is 6.00. The molecule has 0 radical (unpaired) electrons. The molecule has 5 fully saturated rings. The van der Waals surface area contributed by atoms with Crippen LogP contribution in [0.4, 0.5) is 0 Å². The van der Waals surface area contributed by atoms with Crippen LogP contribution in [0, 0.1) is 39.9 Å². The van der Waals surface area contributed by atoms with Crippen molar-refractivity contribution in [2.24, 2.45) is 39.9 Å². The molecular formula is C30H48O5. The predicted molar refractivity (Wildman–Crippen MR) is 136 cm³/mol. The van der Waals surface area contributed by atoms with Crippen LogP contribution < -0.4 is 0 Å². The summed E-state index contributed by atoms with van der Waals surface area (Å²) in [5, 5.41) is 32.3. The Bertz CT molecular complexity index is 933. The molecule has 5 heteroatoms. The van der Waals surface area contributed by atoms with E-state index < -0.39 is 17.1 Å². The van der Waals surface area contributed by atoms with Gasteiger partial charge in [-0.25, -0.2) is 0 Å². The number of hydrogen-bond donors (Lipinski definition) is 3. The maximum Gasteiger partial charge on any atom is 0.159 e. The van der Waals surface area contributed by atoms with Crippen LogP contribution in [0.3, 0.4) is 0 Å². The summed E-state index contributed by atoms with van der Waals surface area (Å²) in [4.78, 5) is 13.7. The van der Waals surface area contributed by atoms with Crippen molar-refractivity contribution in [3.63, 3.8) is 0 Å². The Labute approximate surface area is 211 Å². The molecule has 198 valence electrons. The topological polar surface area (TPSA) is 87.0 Å². The quantitative estimate of drug-likeness (QED) is 0.496. The Morgan fingerprint density at radius 1 is 1.00 bits per heavy atom. The van der Waals surface area contributed by atoms with Crippen molar-refractivity contribution in [3.05, 3.63) is 11.1 Å². The molecule has 1 aliphatic heterocycles. The molecule has 5 aliphatic rings. The van der Waals surface area contributed by atoms with Crippen molar-refractivity contribution in [1.29, 1.82) is 0 Å². The third kappa shape index (κ3) is 3.43. The first-order chi connectivity index (χ1) is 16.1. The Morgan fingerprint density at radius 2 is 1.69 bits per heavy atom. The fraction of sp³-hybridized carbons (Fsp3) is 0.900. The molecule has 5 nitrogen and oxygen atoms in total. The predicted octanol–water partition coefficient (Wildman–Crippen LogP) is 4.81. The largest absolute Gasteiger partial charge is 0.396 e. The summed E-state index contributed by atoms with van der Waals surface area (Å²) < 4.78 is 6.58. The van der Waals surface area contributed by atoms with E-state index in [1.54, 1.807) is 0 Å². The van der Waals surface area contributed by atoms with Gasteiger partial charge in [0.15, 0.2) is 5.78 Å². The molecule has 0 bridgehead atoms. The van der Waals surface area contributed by atoms with Crippen molar-refractivity contribution < 1.29 is 24.9 Å². The van der Waals surface area contributed by atoms with Crippen LogP contribution in [-0.2, 0) is 9.53 Å². The van der Waals surface area contributed by atoms with E-state index in [1.807, 2.05) is 13.8 Å². The minimum absolute atomic E-state index is 0.00911. The number of Topliss-reactive ketones (excluding diaryl/α,β-unsaturated/α-hetero) is 1. The Kier molecular flexibility index (Phi) is 5.83. The van der Waals surface area contributed by atoms with E-state index in [-0.39, 0.29) is 52.7 Å². The minimum atomic E-state index is -0.719. The number of fused-ring (bicyclic) bond motifs is 4. The lowest BCUT2D eigenvalue weighted by Gasteiger charge is -2.62. The average Bonchev–Trinajstić information content (AvgIpc) is 3.33. The van der Waals surface area contributed by atoms with E-state index in [1.165, 1.54) is 0 Å². The van der Waals surface area contributed by atoms with E-state index >= 15 is 0 Å². The number of rotatable bonds is 3. The third-order valence-electron chi connectivity index (χ3n) is 12.2. The highest BCUT2D eigenvalue weighted by Crippen LogP contribution is 2.69. The molecule has 0 amide bonds. The molecule has 10 atom stereocenters. The summed E-state index contributed by atoms with van der Waals surface area (Å²) in [6.07, 6.45) is 5.95. The molecule has 1 heterocycles. The van der Waals surface area contributed by atoms with Crippen LogP contribution in [-0.4, -0.2) is 51.1 Å². The van der Waals surface area contributed by atoms with Gasteiger partial charge in [-0.15, -0.1) is 0 Å². The number of allylic oxidation sites excluding steroid dienone is 1. The monoisotopic (exact) mass is 488 g/mol. The maximum absolute atomic E-state index is 13.7. The second-order valence-electron chi connectivity index (χ2n) is 14.6. The smallest absolute Gasteiger partial charge is 0.159 e. The maximum atomic E-state index is 13.7. The summed E-state index contributed by atoms with van der Waals surface area (Å²) >= 11 is 0. The second-order valence-corrected chi connectivity index (χ2v) is 14.6. The number of aliphatic hydroxyl groups is 3. The van der Waals surface area contributed by atoms with Crippen molar-refractivity contribution in [3.8, 4) is 0 Å². The molecule has 1 unspecified atom stereocenters. The molecule has 35 heavy (non-hydrogen) atoms. The Balaban J connectivity index is 1.48. The van der Waals surface area contributed by atoms with E-state index in [0.717, 1.165) is 43.3 Å². The van der Waals surface area contributed by atoms with Crippen LogP contribution in [0.15, 0.2) is 11.1 Å². The lowest BCUT2D eigenvalue weighted by Crippen LogP contribution is -2.59. The first-order valence-electron chi connectivity index (χ1n) is 14.0. The van der Waals surface area contributed by atoms with Gasteiger partial charge in [-0.1, -0.05) is 26.3 Å². The zero-order valence-corrected chi connectivity index (χ0v) is 23.0. The van der Waals surface area contributed by atoms with E-state index in [2.05, 4.69) is 34.6 Å². The van der Waals surface area contributed by atoms with Gasteiger partial charge in [-0.2, -0.15) is 0 Å². The molecule has 3 N–H and O–H groups in total. The average molecular weight is 489 g/mol. The lowest BCUT2D eigenvalue weighted by molar-refractivity contribution is -0.178. The van der Waals surface area contributed by atoms with Crippen molar-refractivity contribution in [2.75, 3.05) is 6.61 Å². The molecule has 0 aromatic rings. The normalized spacial score (nSPS) is 54.4. The second kappa shape index (κ2) is 7.88. The van der Waals surface area contributed by atoms with Crippen molar-refractivity contribution in [1.82, 2.24) is 0 Å². The van der Waals surface area contributed by atoms with Crippen molar-refractivity contribution >= 4 is 5.78 Å². The first kappa shape index (κ1) is 25.9. The third-order valence-corrected chi connectivity index (χ3v) is 12.2. The van der Waals surface area contributed by atoms with Gasteiger partial charge in [0.25, 0.3) is 0 Å². The van der Waals surface area contributed by atoms with Crippen LogP contribution >= 0.6 is 0 Å². The molecular weight excluding hydrogens is 440 g/mol. The first-order valence-corrected chi connectivity index (χ1v) is 14.0. The number of carbonyl (C=O) groups excluding carboxylic acids is 1. The lowest BCUT2D eigenvalue weighted by atomic mass is 9.43. The molecule has 0 aromatic carbocycles. The van der Waals surface area contributed by atoms with E-state index in [4.69, 9.17) is 4.74 Å². The molecule has 1 saturated heterocycles. The molecule has 0 aromatic heterocycles. The summed E-state index contributed by atoms with van der Waals surface area (Å²) in [5.74, 6) is 1.17. The zero-order chi connectivity index (χ0) is 25.8. The summed E-state index contributed by atoms with van der Waals surface area (Å²) in [6.45, 7) is 15.1. The fourth-order valence-electron chi connectivity index (χ4n) is 10.5. The van der Waals surface area contributed by atoms with Gasteiger partial charge < -0.3 is 20.1 Å². The van der Waals surface area contributed by atoms with Crippen LogP contribution in [0.2, 0.25) is 0 Å². The molecule has 4 aliphatic carbocycles. The number of carbonyl (C=O) groups is 1. The summed E-state index contributed by atoms with van der Waals surface area (Å²) in [6, 6.07) is 0. The zero-order valence-electron chi connectivity index (χ0n) is 23.0. The number of hydrogen-bond acceptors (Lipinski definition) is 5. The van der Waals surface area contributed by atoms with Gasteiger partial charge >= 0.3 is 0 Å². The number of ether oxygens (including phenoxy) is 1. The number of ketones is 1. The number of aliphatic hydroxyl groups excluding tert-OH is 2. The Hall–Kier alpha value is -0.750. The van der Waals surface area contributed by atoms with Gasteiger partial charge in [0.1, 0.15) is 0 Å². The van der Waals surface area contributed by atoms with Gasteiger partial charge in [0.05, 0.1) is 30.0 Å². The summed E-state index contributed by atoms with van der Waals surface area (Å²) in [7, 11) is 0. The SMILES string of the molecule is C/C(C[C@@H]1OC(C)(C)[C@H]2CC[C@@](C)(O)[C@@H]12)=C1/C(=O)C[C@H]2[C@@]3(C)CC[C@H](O)[C@](C)(CO)C3CC[C@]12C. The minimum Gasteiger partial charge on any atom is -0.396 e. The standard InChI is InChI=1S/C30H48O5/c1-17(14-20-25-18(26(2,3)35-20)8-13-30(25,7)34)24-19(32)15-22-27(4)12-10-23(33)29(6,16-31)21(27)9-11-28(22,24)5/h18,20-23,25,31,33-34H,8-16H2,1-7H3/b24-17+/t18-,20-,21?,22-,23-,25+,27-,28-,29+,30+/m0/s1. The molecule has 5 rings (SSSR count). The van der Waals surface area contributed by atoms with Crippen molar-refractivity contribution in [2.45, 2.75) is 123 Å². The molecule has 0 spiro atoms. The van der Waals surface area contributed by atoms with Gasteiger partial charge in [0.2, 0.25) is 0 Å². The highest BCUT2D eigenvalue weighted by atomic mass is 16.5. The van der Waals surface area contributed by atoms with E-state index in [9.17, 15) is 20.1 Å². The van der Waals surface area contributed by atoms with Gasteiger partial charge in [-0.3, -0.25) is 4.79 Å². The summed E-state index contributed by atoms with van der Waals surface area (Å²) in [5.41, 5.74) is 0.420. The Morgan fingerprint density at radius 3 is 2.34 bits per heavy atom. The fourth-order valence-corrected chi connectivity index (χ4v) is 10.5. The van der Waals surface area contributed by atoms with Crippen LogP contribution in [0.5, 0.6) is 0 Å². The van der Waals surface area contributed by atoms with Crippen LogP contribution in [0.1, 0.15) is 99.8 Å². The van der Waals surface area contributed by atoms with E-state index in [0.29, 0.717) is 25.2 Å². The van der Waals surface area contributed by atoms with Gasteiger partial charge in [0, 0.05) is 23.3 Å². The highest BCUT2D eigenvalue weighted by Gasteiger charge is 2.66. The van der Waals surface area contributed by atoms with Gasteiger partial charge in [-0.05, 0) is 101 Å². The molecule has 4 saturated carbocycles.